The Morgan fingerprint density at radius 3 is 2.53 bits per heavy atom. The van der Waals surface area contributed by atoms with Crippen molar-refractivity contribution in [3.8, 4) is 0 Å². The molecule has 0 spiro atoms. The summed E-state index contributed by atoms with van der Waals surface area (Å²) in [6.45, 7) is 6.40. The molecule has 1 unspecified atom stereocenters. The summed E-state index contributed by atoms with van der Waals surface area (Å²) < 4.78 is 5.43. The normalized spacial score (nSPS) is 13.7. The van der Waals surface area contributed by atoms with Gasteiger partial charge in [-0.15, -0.1) is 0 Å². The molecule has 0 aliphatic carbocycles. The van der Waals surface area contributed by atoms with E-state index in [9.17, 15) is 0 Å². The average molecular weight is 210 g/mol. The smallest absolute Gasteiger partial charge is 0.122 e. The van der Waals surface area contributed by atoms with E-state index in [1.807, 2.05) is 12.1 Å². The predicted octanol–water partition coefficient (Wildman–Crippen LogP) is 2.13. The third-order valence-corrected chi connectivity index (χ3v) is 2.39. The number of hydrogen-bond donors (Lipinski definition) is 1. The molecule has 0 aliphatic heterocycles. The minimum absolute atomic E-state index is 0.318. The first-order valence-corrected chi connectivity index (χ1v) is 5.51. The van der Waals surface area contributed by atoms with Crippen LogP contribution in [-0.4, -0.2) is 32.1 Å². The molecule has 0 saturated heterocycles. The molecule has 15 heavy (non-hydrogen) atoms. The zero-order chi connectivity index (χ0) is 11.3. The molecular weight excluding hydrogens is 188 g/mol. The van der Waals surface area contributed by atoms with E-state index in [1.165, 1.54) is 0 Å². The first-order chi connectivity index (χ1) is 7.11. The van der Waals surface area contributed by atoms with Crippen LogP contribution in [0, 0.1) is 5.92 Å². The van der Waals surface area contributed by atoms with Crippen LogP contribution in [0.3, 0.4) is 0 Å². The topological polar surface area (TPSA) is 28.4 Å². The molecule has 0 amide bonds. The van der Waals surface area contributed by atoms with Gasteiger partial charge in [0.25, 0.3) is 0 Å². The van der Waals surface area contributed by atoms with Crippen LogP contribution in [-0.2, 0) is 0 Å². The number of nitrogens with one attached hydrogen (secondary N) is 1. The highest BCUT2D eigenvalue weighted by atomic mass is 16.3. The summed E-state index contributed by atoms with van der Waals surface area (Å²) in [7, 11) is 4.15. The van der Waals surface area contributed by atoms with Crippen molar-refractivity contribution in [1.29, 1.82) is 0 Å². The summed E-state index contributed by atoms with van der Waals surface area (Å²) in [6.07, 6.45) is 1.73. The van der Waals surface area contributed by atoms with Crippen molar-refractivity contribution in [2.24, 2.45) is 5.92 Å². The van der Waals surface area contributed by atoms with E-state index in [2.05, 4.69) is 38.2 Å². The Kier molecular flexibility index (Phi) is 4.85. The fourth-order valence-corrected chi connectivity index (χ4v) is 1.53. The summed E-state index contributed by atoms with van der Waals surface area (Å²) in [5.74, 6) is 1.71. The molecule has 1 aromatic heterocycles. The van der Waals surface area contributed by atoms with E-state index >= 15 is 0 Å². The molecule has 0 aromatic carbocycles. The molecule has 3 heteroatoms. The van der Waals surface area contributed by atoms with Gasteiger partial charge in [-0.1, -0.05) is 13.8 Å². The first kappa shape index (κ1) is 12.3. The molecule has 1 aromatic rings. The second kappa shape index (κ2) is 5.93. The van der Waals surface area contributed by atoms with Crippen LogP contribution in [0.2, 0.25) is 0 Å². The first-order valence-electron chi connectivity index (χ1n) is 5.51. The van der Waals surface area contributed by atoms with Gasteiger partial charge in [0.2, 0.25) is 0 Å². The molecule has 1 rings (SSSR count). The average Bonchev–Trinajstić information content (AvgIpc) is 2.63. The van der Waals surface area contributed by atoms with Gasteiger partial charge < -0.3 is 9.73 Å². The second-order valence-corrected chi connectivity index (χ2v) is 4.55. The SMILES string of the molecule is CC(C)CNCC(c1ccco1)N(C)C. The van der Waals surface area contributed by atoms with Crippen LogP contribution in [0.15, 0.2) is 22.8 Å². The quantitative estimate of drug-likeness (QED) is 0.779. The number of rotatable bonds is 6. The van der Waals surface area contributed by atoms with E-state index in [1.54, 1.807) is 6.26 Å². The third kappa shape index (κ3) is 4.06. The number of furan rings is 1. The van der Waals surface area contributed by atoms with Crippen LogP contribution in [0.4, 0.5) is 0 Å². The lowest BCUT2D eigenvalue weighted by Crippen LogP contribution is -2.32. The van der Waals surface area contributed by atoms with Crippen molar-refractivity contribution in [2.75, 3.05) is 27.2 Å². The lowest BCUT2D eigenvalue weighted by atomic mass is 10.2. The lowest BCUT2D eigenvalue weighted by molar-refractivity contribution is 0.248. The van der Waals surface area contributed by atoms with E-state index in [0.29, 0.717) is 12.0 Å². The van der Waals surface area contributed by atoms with Crippen molar-refractivity contribution >= 4 is 0 Å². The predicted molar refractivity (Wildman–Crippen MR) is 62.8 cm³/mol. The Hall–Kier alpha value is -0.800. The van der Waals surface area contributed by atoms with Crippen LogP contribution in [0.25, 0.3) is 0 Å². The van der Waals surface area contributed by atoms with Gasteiger partial charge in [0.05, 0.1) is 12.3 Å². The highest BCUT2D eigenvalue weighted by Crippen LogP contribution is 2.17. The van der Waals surface area contributed by atoms with Gasteiger partial charge in [0.1, 0.15) is 5.76 Å². The number of hydrogen-bond acceptors (Lipinski definition) is 3. The molecule has 1 N–H and O–H groups in total. The molecule has 0 fully saturated rings. The minimum atomic E-state index is 0.318. The standard InChI is InChI=1S/C12H22N2O/c1-10(2)8-13-9-11(14(3)4)12-6-5-7-15-12/h5-7,10-11,13H,8-9H2,1-4H3. The summed E-state index contributed by atoms with van der Waals surface area (Å²) >= 11 is 0. The molecule has 86 valence electrons. The molecule has 0 aliphatic rings. The molecular formula is C12H22N2O. The van der Waals surface area contributed by atoms with E-state index in [-0.39, 0.29) is 0 Å². The molecule has 0 saturated carbocycles. The van der Waals surface area contributed by atoms with Crippen molar-refractivity contribution < 1.29 is 4.42 Å². The fraction of sp³-hybridized carbons (Fsp3) is 0.667. The Bertz CT molecular complexity index is 255. The molecule has 0 radical (unpaired) electrons. The Balaban J connectivity index is 2.45. The van der Waals surface area contributed by atoms with Crippen molar-refractivity contribution in [2.45, 2.75) is 19.9 Å². The van der Waals surface area contributed by atoms with Crippen molar-refractivity contribution in [1.82, 2.24) is 10.2 Å². The summed E-state index contributed by atoms with van der Waals surface area (Å²) in [5.41, 5.74) is 0. The van der Waals surface area contributed by atoms with Gasteiger partial charge in [-0.3, -0.25) is 4.90 Å². The molecule has 3 nitrogen and oxygen atoms in total. The molecule has 1 atom stereocenters. The number of nitrogens with zero attached hydrogens (tertiary/aromatic N) is 1. The highest BCUT2D eigenvalue weighted by molar-refractivity contribution is 5.04. The summed E-state index contributed by atoms with van der Waals surface area (Å²) in [4.78, 5) is 2.17. The molecule has 0 bridgehead atoms. The third-order valence-electron chi connectivity index (χ3n) is 2.39. The van der Waals surface area contributed by atoms with Gasteiger partial charge >= 0.3 is 0 Å². The van der Waals surface area contributed by atoms with Crippen molar-refractivity contribution in [3.05, 3.63) is 24.2 Å². The van der Waals surface area contributed by atoms with Gasteiger partial charge in [-0.25, -0.2) is 0 Å². The Labute approximate surface area is 92.5 Å². The van der Waals surface area contributed by atoms with Crippen molar-refractivity contribution in [3.63, 3.8) is 0 Å². The van der Waals surface area contributed by atoms with E-state index in [4.69, 9.17) is 4.42 Å². The summed E-state index contributed by atoms with van der Waals surface area (Å²) in [5, 5.41) is 3.45. The lowest BCUT2D eigenvalue weighted by Gasteiger charge is -2.23. The Morgan fingerprint density at radius 1 is 1.33 bits per heavy atom. The fourth-order valence-electron chi connectivity index (χ4n) is 1.53. The largest absolute Gasteiger partial charge is 0.468 e. The minimum Gasteiger partial charge on any atom is -0.468 e. The van der Waals surface area contributed by atoms with E-state index in [0.717, 1.165) is 18.8 Å². The zero-order valence-corrected chi connectivity index (χ0v) is 10.2. The monoisotopic (exact) mass is 210 g/mol. The van der Waals surface area contributed by atoms with Crippen LogP contribution in [0.5, 0.6) is 0 Å². The number of likely N-dealkylation sites (N-methyl/N-ethyl adjacent to an activating group) is 1. The van der Waals surface area contributed by atoms with Crippen LogP contribution < -0.4 is 5.32 Å². The second-order valence-electron chi connectivity index (χ2n) is 4.55. The van der Waals surface area contributed by atoms with Gasteiger partial charge in [0.15, 0.2) is 0 Å². The van der Waals surface area contributed by atoms with E-state index < -0.39 is 0 Å². The van der Waals surface area contributed by atoms with Crippen LogP contribution >= 0.6 is 0 Å². The van der Waals surface area contributed by atoms with Gasteiger partial charge in [-0.2, -0.15) is 0 Å². The molecule has 1 heterocycles. The van der Waals surface area contributed by atoms with Gasteiger partial charge in [-0.05, 0) is 38.7 Å². The maximum absolute atomic E-state index is 5.43. The highest BCUT2D eigenvalue weighted by Gasteiger charge is 2.15. The zero-order valence-electron chi connectivity index (χ0n) is 10.2. The maximum Gasteiger partial charge on any atom is 0.122 e. The maximum atomic E-state index is 5.43. The summed E-state index contributed by atoms with van der Waals surface area (Å²) in [6, 6.07) is 4.29. The van der Waals surface area contributed by atoms with Crippen LogP contribution in [0.1, 0.15) is 25.6 Å². The Morgan fingerprint density at radius 2 is 2.07 bits per heavy atom. The van der Waals surface area contributed by atoms with Gasteiger partial charge in [0, 0.05) is 6.54 Å².